The largest absolute Gasteiger partial charge is 0.392 e. The number of hydrogen-bond acceptors (Lipinski definition) is 2. The van der Waals surface area contributed by atoms with Crippen molar-refractivity contribution in [3.63, 3.8) is 0 Å². The van der Waals surface area contributed by atoms with Crippen LogP contribution in [-0.2, 0) is 4.79 Å². The highest BCUT2D eigenvalue weighted by Crippen LogP contribution is 2.67. The van der Waals surface area contributed by atoms with Crippen LogP contribution in [0.2, 0.25) is 19.6 Å². The Bertz CT molecular complexity index is 727. The second kappa shape index (κ2) is 7.23. The molecule has 4 saturated carbocycles. The lowest BCUT2D eigenvalue weighted by Crippen LogP contribution is -2.55. The smallest absolute Gasteiger partial charge is 0.133 e. The monoisotopic (exact) mass is 414 g/mol. The Morgan fingerprint density at radius 2 is 1.69 bits per heavy atom. The van der Waals surface area contributed by atoms with Crippen molar-refractivity contribution >= 4 is 13.9 Å². The summed E-state index contributed by atoms with van der Waals surface area (Å²) < 4.78 is 0. The van der Waals surface area contributed by atoms with Crippen molar-refractivity contribution < 1.29 is 9.90 Å². The maximum Gasteiger partial charge on any atom is 0.133 e. The van der Waals surface area contributed by atoms with E-state index in [0.29, 0.717) is 23.0 Å². The van der Waals surface area contributed by atoms with Crippen LogP contribution in [0.1, 0.15) is 72.1 Å². The molecule has 0 bridgehead atoms. The van der Waals surface area contributed by atoms with E-state index in [-0.39, 0.29) is 17.4 Å². The van der Waals surface area contributed by atoms with E-state index in [1.807, 2.05) is 6.92 Å². The SMILES string of the molecule is CC(=O)[C@H]1CC[C@H]2[C@@H]3CC[C@H]4C[C@H](O)[C@@H](C#C[Si](C)(C)C)C[C@]4(C)[C@H]3CC[C@]12C. The van der Waals surface area contributed by atoms with Crippen LogP contribution in [0.15, 0.2) is 0 Å². The van der Waals surface area contributed by atoms with E-state index in [4.69, 9.17) is 0 Å². The highest BCUT2D eigenvalue weighted by atomic mass is 28.3. The molecular formula is C26H42O2Si. The van der Waals surface area contributed by atoms with Crippen molar-refractivity contribution in [2.45, 2.75) is 97.9 Å². The molecule has 4 rings (SSSR count). The van der Waals surface area contributed by atoms with Gasteiger partial charge in [0.1, 0.15) is 13.9 Å². The Labute approximate surface area is 179 Å². The first kappa shape index (κ1) is 21.6. The number of rotatable bonds is 1. The predicted molar refractivity (Wildman–Crippen MR) is 122 cm³/mol. The van der Waals surface area contributed by atoms with Crippen molar-refractivity contribution in [1.82, 2.24) is 0 Å². The van der Waals surface area contributed by atoms with Crippen LogP contribution in [0.5, 0.6) is 0 Å². The van der Waals surface area contributed by atoms with E-state index in [2.05, 4.69) is 45.0 Å². The molecule has 0 aromatic rings. The molecule has 162 valence electrons. The molecule has 4 aliphatic rings. The minimum Gasteiger partial charge on any atom is -0.392 e. The minimum atomic E-state index is -1.42. The fourth-order valence-corrected chi connectivity index (χ4v) is 9.05. The quantitative estimate of drug-likeness (QED) is 0.441. The van der Waals surface area contributed by atoms with Gasteiger partial charge >= 0.3 is 0 Å². The van der Waals surface area contributed by atoms with Crippen LogP contribution in [0.3, 0.4) is 0 Å². The van der Waals surface area contributed by atoms with E-state index >= 15 is 0 Å². The fourth-order valence-electron chi connectivity index (χ4n) is 8.43. The van der Waals surface area contributed by atoms with Crippen molar-refractivity contribution in [2.24, 2.45) is 46.3 Å². The number of hydrogen-bond donors (Lipinski definition) is 1. The third-order valence-corrected chi connectivity index (χ3v) is 10.7. The van der Waals surface area contributed by atoms with Crippen molar-refractivity contribution in [3.05, 3.63) is 0 Å². The molecule has 4 aliphatic carbocycles. The topological polar surface area (TPSA) is 37.3 Å². The standard InChI is InChI=1S/C26H42O2Si/c1-17(27)21-9-10-22-20-8-7-19-15-24(28)18(12-14-29(4,5)6)16-26(19,3)23(20)11-13-25(21,22)2/h18-24,28H,7-11,13,15-16H2,1-6H3/t18-,19-,20-,21+,22-,23-,24-,25+,26-/m0/s1. The molecule has 0 saturated heterocycles. The summed E-state index contributed by atoms with van der Waals surface area (Å²) >= 11 is 0. The van der Waals surface area contributed by atoms with Crippen molar-refractivity contribution in [2.75, 3.05) is 0 Å². The van der Waals surface area contributed by atoms with Crippen LogP contribution < -0.4 is 0 Å². The Balaban J connectivity index is 1.60. The first-order valence-corrected chi connectivity index (χ1v) is 15.7. The molecule has 2 nitrogen and oxygen atoms in total. The number of carbonyl (C=O) groups excluding carboxylic acids is 1. The first-order chi connectivity index (χ1) is 13.5. The predicted octanol–water partition coefficient (Wildman–Crippen LogP) is 5.70. The third-order valence-electron chi connectivity index (χ3n) is 9.84. The zero-order chi connectivity index (χ0) is 21.2. The summed E-state index contributed by atoms with van der Waals surface area (Å²) in [7, 11) is -1.42. The Morgan fingerprint density at radius 3 is 2.34 bits per heavy atom. The van der Waals surface area contributed by atoms with E-state index < -0.39 is 8.07 Å². The summed E-state index contributed by atoms with van der Waals surface area (Å²) in [5.41, 5.74) is 4.11. The maximum absolute atomic E-state index is 12.3. The van der Waals surface area contributed by atoms with Crippen LogP contribution in [0, 0.1) is 57.8 Å². The van der Waals surface area contributed by atoms with Gasteiger partial charge in [0.2, 0.25) is 0 Å². The Kier molecular flexibility index (Phi) is 5.39. The lowest BCUT2D eigenvalue weighted by molar-refractivity contribution is -0.143. The van der Waals surface area contributed by atoms with Gasteiger partial charge < -0.3 is 5.11 Å². The van der Waals surface area contributed by atoms with E-state index in [1.54, 1.807) is 0 Å². The average molecular weight is 415 g/mol. The zero-order valence-corrected chi connectivity index (χ0v) is 20.6. The number of fused-ring (bicyclic) bond motifs is 5. The van der Waals surface area contributed by atoms with Crippen LogP contribution in [0.25, 0.3) is 0 Å². The molecule has 0 aliphatic heterocycles. The first-order valence-electron chi connectivity index (χ1n) is 12.2. The average Bonchev–Trinajstić information content (AvgIpc) is 2.97. The molecule has 0 aromatic carbocycles. The minimum absolute atomic E-state index is 0.156. The summed E-state index contributed by atoms with van der Waals surface area (Å²) in [6.45, 7) is 13.7. The second-order valence-electron chi connectivity index (χ2n) is 12.6. The molecule has 0 radical (unpaired) electrons. The van der Waals surface area contributed by atoms with E-state index in [0.717, 1.165) is 37.0 Å². The van der Waals surface area contributed by atoms with Gasteiger partial charge in [-0.3, -0.25) is 4.79 Å². The molecule has 9 atom stereocenters. The van der Waals surface area contributed by atoms with Gasteiger partial charge in [-0.15, -0.1) is 11.5 Å². The lowest BCUT2D eigenvalue weighted by Gasteiger charge is -2.61. The number of aliphatic hydroxyl groups excluding tert-OH is 1. The molecule has 0 unspecified atom stereocenters. The van der Waals surface area contributed by atoms with E-state index in [9.17, 15) is 9.90 Å². The van der Waals surface area contributed by atoms with Gasteiger partial charge in [-0.2, -0.15) is 0 Å². The highest BCUT2D eigenvalue weighted by molar-refractivity contribution is 6.83. The molecule has 4 fully saturated rings. The second-order valence-corrected chi connectivity index (χ2v) is 17.3. The third kappa shape index (κ3) is 3.57. The summed E-state index contributed by atoms with van der Waals surface area (Å²) in [6, 6.07) is 0. The molecular weight excluding hydrogens is 372 g/mol. The maximum atomic E-state index is 12.3. The molecule has 3 heteroatoms. The number of carbonyl (C=O) groups is 1. The van der Waals surface area contributed by atoms with Gasteiger partial charge in [-0.1, -0.05) is 33.5 Å². The molecule has 1 N–H and O–H groups in total. The summed E-state index contributed by atoms with van der Waals surface area (Å²) in [5, 5.41) is 10.9. The summed E-state index contributed by atoms with van der Waals surface area (Å²) in [4.78, 5) is 12.3. The lowest BCUT2D eigenvalue weighted by atomic mass is 9.44. The van der Waals surface area contributed by atoms with Gasteiger partial charge in [-0.05, 0) is 92.8 Å². The van der Waals surface area contributed by atoms with Crippen molar-refractivity contribution in [3.8, 4) is 11.5 Å². The van der Waals surface area contributed by atoms with Gasteiger partial charge in [0.15, 0.2) is 0 Å². The molecule has 29 heavy (non-hydrogen) atoms. The number of ketones is 1. The van der Waals surface area contributed by atoms with Crippen LogP contribution in [-0.4, -0.2) is 25.1 Å². The molecule has 0 amide bonds. The Morgan fingerprint density at radius 1 is 1.00 bits per heavy atom. The summed E-state index contributed by atoms with van der Waals surface area (Å²) in [6.07, 6.45) is 9.23. The van der Waals surface area contributed by atoms with E-state index in [1.165, 1.54) is 32.1 Å². The summed E-state index contributed by atoms with van der Waals surface area (Å²) in [5.74, 6) is 7.35. The Hall–Kier alpha value is -0.593. The molecule has 0 spiro atoms. The van der Waals surface area contributed by atoms with Gasteiger partial charge in [-0.25, -0.2) is 0 Å². The van der Waals surface area contributed by atoms with Crippen LogP contribution in [0.4, 0.5) is 0 Å². The zero-order valence-electron chi connectivity index (χ0n) is 19.6. The van der Waals surface area contributed by atoms with Gasteiger partial charge in [0, 0.05) is 11.8 Å². The number of Topliss-reactive ketones (excluding diaryl/α,β-unsaturated/α-hetero) is 1. The fraction of sp³-hybridized carbons (Fsp3) is 0.885. The van der Waals surface area contributed by atoms with Crippen LogP contribution >= 0.6 is 0 Å². The highest BCUT2D eigenvalue weighted by Gasteiger charge is 2.61. The van der Waals surface area contributed by atoms with Gasteiger partial charge in [0.05, 0.1) is 6.10 Å². The number of aliphatic hydroxyl groups is 1. The van der Waals surface area contributed by atoms with Gasteiger partial charge in [0.25, 0.3) is 0 Å². The molecule has 0 heterocycles. The van der Waals surface area contributed by atoms with Crippen molar-refractivity contribution in [1.29, 1.82) is 0 Å². The normalized spacial score (nSPS) is 49.3. The molecule has 0 aromatic heterocycles.